The molecule has 0 rings (SSSR count). The van der Waals surface area contributed by atoms with Crippen LogP contribution in [-0.4, -0.2) is 12.1 Å². The first kappa shape index (κ1) is 13.5. The fraction of sp³-hybridized carbons (Fsp3) is 0.917. The predicted octanol–water partition coefficient (Wildman–Crippen LogP) is 3.54. The van der Waals surface area contributed by atoms with Gasteiger partial charge in [-0.05, 0) is 19.8 Å². The summed E-state index contributed by atoms with van der Waals surface area (Å²) in [5, 5.41) is 0. The normalized spacial score (nSPS) is 14.9. The summed E-state index contributed by atoms with van der Waals surface area (Å²) in [5.74, 6) is 0.0333. The molecule has 0 fully saturated rings. The second kappa shape index (κ2) is 7.84. The molecular weight excluding hydrogens is 176 g/mol. The second-order valence-corrected chi connectivity index (χ2v) is 4.05. The van der Waals surface area contributed by atoms with Crippen molar-refractivity contribution in [3.05, 3.63) is 0 Å². The van der Waals surface area contributed by atoms with Crippen LogP contribution in [0.5, 0.6) is 0 Å². The van der Waals surface area contributed by atoms with Crippen LogP contribution in [0.2, 0.25) is 0 Å². The minimum atomic E-state index is -0.0320. The number of unbranched alkanes of at least 4 members (excludes halogenated alkanes) is 2. The number of esters is 1. The van der Waals surface area contributed by atoms with Gasteiger partial charge in [0.2, 0.25) is 0 Å². The molecule has 0 aliphatic carbocycles. The lowest BCUT2D eigenvalue weighted by atomic mass is 10.0. The van der Waals surface area contributed by atoms with Crippen LogP contribution in [0.15, 0.2) is 0 Å². The van der Waals surface area contributed by atoms with Crippen molar-refractivity contribution in [3.63, 3.8) is 0 Å². The van der Waals surface area contributed by atoms with Gasteiger partial charge in [-0.2, -0.15) is 0 Å². The van der Waals surface area contributed by atoms with Gasteiger partial charge in [-0.3, -0.25) is 4.79 Å². The van der Waals surface area contributed by atoms with E-state index in [1.54, 1.807) is 0 Å². The van der Waals surface area contributed by atoms with E-state index in [1.807, 2.05) is 20.8 Å². The smallest absolute Gasteiger partial charge is 0.308 e. The number of rotatable bonds is 7. The van der Waals surface area contributed by atoms with Crippen molar-refractivity contribution in [2.24, 2.45) is 5.92 Å². The number of hydrogen-bond acceptors (Lipinski definition) is 2. The molecule has 0 radical (unpaired) electrons. The van der Waals surface area contributed by atoms with Crippen molar-refractivity contribution in [1.29, 1.82) is 0 Å². The van der Waals surface area contributed by atoms with Gasteiger partial charge in [-0.25, -0.2) is 0 Å². The van der Waals surface area contributed by atoms with E-state index in [0.717, 1.165) is 19.3 Å². The summed E-state index contributed by atoms with van der Waals surface area (Å²) in [6.07, 6.45) is 5.47. The maximum atomic E-state index is 11.5. The van der Waals surface area contributed by atoms with Gasteiger partial charge in [-0.15, -0.1) is 0 Å². The molecule has 0 saturated heterocycles. The van der Waals surface area contributed by atoms with Crippen LogP contribution < -0.4 is 0 Å². The Labute approximate surface area is 88.0 Å². The molecule has 2 nitrogen and oxygen atoms in total. The molecule has 0 aromatic carbocycles. The Kier molecular flexibility index (Phi) is 7.54. The topological polar surface area (TPSA) is 26.3 Å². The highest BCUT2D eigenvalue weighted by molar-refractivity contribution is 5.72. The number of carbonyl (C=O) groups excluding carboxylic acids is 1. The molecule has 0 spiro atoms. The van der Waals surface area contributed by atoms with E-state index < -0.39 is 0 Å². The Bertz CT molecular complexity index is 154. The third-order valence-corrected chi connectivity index (χ3v) is 2.54. The van der Waals surface area contributed by atoms with E-state index in [0.29, 0.717) is 0 Å². The standard InChI is InChI=1S/C12H24O2/c1-5-7-8-9-10(3)12(13)14-11(4)6-2/h10-11H,5-9H2,1-4H3. The Morgan fingerprint density at radius 1 is 1.21 bits per heavy atom. The Balaban J connectivity index is 3.64. The molecule has 0 amide bonds. The van der Waals surface area contributed by atoms with Crippen molar-refractivity contribution in [3.8, 4) is 0 Å². The van der Waals surface area contributed by atoms with Gasteiger partial charge in [0, 0.05) is 0 Å². The Hall–Kier alpha value is -0.530. The van der Waals surface area contributed by atoms with Crippen LogP contribution in [0.25, 0.3) is 0 Å². The van der Waals surface area contributed by atoms with E-state index in [4.69, 9.17) is 4.74 Å². The van der Waals surface area contributed by atoms with Gasteiger partial charge in [0.05, 0.1) is 12.0 Å². The van der Waals surface area contributed by atoms with Gasteiger partial charge in [0.1, 0.15) is 0 Å². The number of hydrogen-bond donors (Lipinski definition) is 0. The van der Waals surface area contributed by atoms with Crippen molar-refractivity contribution in [2.45, 2.75) is 65.9 Å². The number of carbonyl (C=O) groups is 1. The van der Waals surface area contributed by atoms with Crippen LogP contribution in [0, 0.1) is 5.92 Å². The average molecular weight is 200 g/mol. The van der Waals surface area contributed by atoms with E-state index in [2.05, 4.69) is 6.92 Å². The molecule has 2 atom stereocenters. The maximum absolute atomic E-state index is 11.5. The lowest BCUT2D eigenvalue weighted by Crippen LogP contribution is -2.20. The molecule has 84 valence electrons. The first-order valence-electron chi connectivity index (χ1n) is 5.82. The molecule has 0 N–H and O–H groups in total. The average Bonchev–Trinajstić information content (AvgIpc) is 2.17. The summed E-state index contributed by atoms with van der Waals surface area (Å²) in [4.78, 5) is 11.5. The minimum Gasteiger partial charge on any atom is -0.462 e. The third kappa shape index (κ3) is 6.01. The molecule has 14 heavy (non-hydrogen) atoms. The highest BCUT2D eigenvalue weighted by Crippen LogP contribution is 2.12. The quantitative estimate of drug-likeness (QED) is 0.464. The van der Waals surface area contributed by atoms with E-state index in [1.165, 1.54) is 12.8 Å². The summed E-state index contributed by atoms with van der Waals surface area (Å²) < 4.78 is 5.25. The molecule has 0 aliphatic rings. The van der Waals surface area contributed by atoms with Gasteiger partial charge in [0.25, 0.3) is 0 Å². The molecule has 2 heteroatoms. The summed E-state index contributed by atoms with van der Waals surface area (Å²) in [6.45, 7) is 8.10. The highest BCUT2D eigenvalue weighted by atomic mass is 16.5. The lowest BCUT2D eigenvalue weighted by Gasteiger charge is -2.15. The minimum absolute atomic E-state index is 0.0320. The van der Waals surface area contributed by atoms with E-state index in [9.17, 15) is 4.79 Å². The summed E-state index contributed by atoms with van der Waals surface area (Å²) in [5.41, 5.74) is 0. The van der Waals surface area contributed by atoms with E-state index in [-0.39, 0.29) is 18.0 Å². The molecule has 0 saturated carbocycles. The first-order chi connectivity index (χ1) is 6.61. The molecule has 0 heterocycles. The molecule has 0 aliphatic heterocycles. The SMILES string of the molecule is CCCCCC(C)C(=O)OC(C)CC. The summed E-state index contributed by atoms with van der Waals surface area (Å²) in [7, 11) is 0. The van der Waals surface area contributed by atoms with Crippen molar-refractivity contribution < 1.29 is 9.53 Å². The zero-order chi connectivity index (χ0) is 11.0. The molecule has 0 bridgehead atoms. The number of ether oxygens (including phenoxy) is 1. The van der Waals surface area contributed by atoms with Gasteiger partial charge >= 0.3 is 5.97 Å². The molecular formula is C12H24O2. The Morgan fingerprint density at radius 3 is 2.36 bits per heavy atom. The zero-order valence-corrected chi connectivity index (χ0v) is 10.0. The maximum Gasteiger partial charge on any atom is 0.308 e. The molecule has 2 unspecified atom stereocenters. The summed E-state index contributed by atoms with van der Waals surface area (Å²) in [6, 6.07) is 0. The second-order valence-electron chi connectivity index (χ2n) is 4.05. The summed E-state index contributed by atoms with van der Waals surface area (Å²) >= 11 is 0. The van der Waals surface area contributed by atoms with Crippen molar-refractivity contribution >= 4 is 5.97 Å². The predicted molar refractivity (Wildman–Crippen MR) is 59.2 cm³/mol. The van der Waals surface area contributed by atoms with Crippen LogP contribution in [0.3, 0.4) is 0 Å². The fourth-order valence-corrected chi connectivity index (χ4v) is 1.22. The van der Waals surface area contributed by atoms with Crippen LogP contribution >= 0.6 is 0 Å². The van der Waals surface area contributed by atoms with Gasteiger partial charge < -0.3 is 4.74 Å². The highest BCUT2D eigenvalue weighted by Gasteiger charge is 2.15. The van der Waals surface area contributed by atoms with Crippen molar-refractivity contribution in [1.82, 2.24) is 0 Å². The Morgan fingerprint density at radius 2 is 1.86 bits per heavy atom. The molecule has 0 aromatic heterocycles. The third-order valence-electron chi connectivity index (χ3n) is 2.54. The fourth-order valence-electron chi connectivity index (χ4n) is 1.22. The zero-order valence-electron chi connectivity index (χ0n) is 10.0. The monoisotopic (exact) mass is 200 g/mol. The van der Waals surface area contributed by atoms with Gasteiger partial charge in [-0.1, -0.05) is 40.0 Å². The van der Waals surface area contributed by atoms with Crippen LogP contribution in [0.4, 0.5) is 0 Å². The first-order valence-corrected chi connectivity index (χ1v) is 5.82. The van der Waals surface area contributed by atoms with Crippen LogP contribution in [0.1, 0.15) is 59.8 Å². The van der Waals surface area contributed by atoms with Crippen molar-refractivity contribution in [2.75, 3.05) is 0 Å². The molecule has 0 aromatic rings. The van der Waals surface area contributed by atoms with Crippen LogP contribution in [-0.2, 0) is 9.53 Å². The lowest BCUT2D eigenvalue weighted by molar-refractivity contribution is -0.153. The van der Waals surface area contributed by atoms with E-state index >= 15 is 0 Å². The largest absolute Gasteiger partial charge is 0.462 e. The van der Waals surface area contributed by atoms with Gasteiger partial charge in [0.15, 0.2) is 0 Å².